The first kappa shape index (κ1) is 9.96. The zero-order valence-corrected chi connectivity index (χ0v) is 8.06. The first-order valence-electron chi connectivity index (χ1n) is 5.09. The van der Waals surface area contributed by atoms with Crippen LogP contribution >= 0.6 is 0 Å². The highest BCUT2D eigenvalue weighted by molar-refractivity contribution is 4.96. The van der Waals surface area contributed by atoms with E-state index in [0.29, 0.717) is 12.2 Å². The van der Waals surface area contributed by atoms with Crippen molar-refractivity contribution >= 4 is 0 Å². The minimum atomic E-state index is -0.467. The number of ether oxygens (including phenoxy) is 2. The Morgan fingerprint density at radius 1 is 1.29 bits per heavy atom. The summed E-state index contributed by atoms with van der Waals surface area (Å²) in [6.45, 7) is -0.0909. The summed E-state index contributed by atoms with van der Waals surface area (Å²) in [5.74, 6) is 0.444. The van der Waals surface area contributed by atoms with E-state index in [2.05, 4.69) is 0 Å². The van der Waals surface area contributed by atoms with Gasteiger partial charge in [-0.3, -0.25) is 0 Å². The van der Waals surface area contributed by atoms with Crippen LogP contribution in [-0.4, -0.2) is 35.3 Å². The van der Waals surface area contributed by atoms with E-state index in [1.54, 1.807) is 0 Å². The monoisotopic (exact) mass is 200 g/mol. The second-order valence-electron chi connectivity index (χ2n) is 3.77. The molecule has 0 saturated carbocycles. The van der Waals surface area contributed by atoms with Crippen LogP contribution in [0.15, 0.2) is 11.8 Å². The Balaban J connectivity index is 1.96. The highest BCUT2D eigenvalue weighted by Crippen LogP contribution is 2.28. The third-order valence-electron chi connectivity index (χ3n) is 2.73. The van der Waals surface area contributed by atoms with Gasteiger partial charge in [0.1, 0.15) is 0 Å². The standard InChI is InChI=1S/C10H16O4/c11-6-10-13-8-3-1-2-7(12)4-5-9(8)14-10/h2,8-12H,1,3-6H2/b7-2-/t8-,9+,10-/m0/s1. The molecule has 4 heteroatoms. The third kappa shape index (κ3) is 2.08. The van der Waals surface area contributed by atoms with Crippen LogP contribution in [0, 0.1) is 0 Å². The molecule has 1 fully saturated rings. The van der Waals surface area contributed by atoms with Crippen LogP contribution in [0.2, 0.25) is 0 Å². The van der Waals surface area contributed by atoms with Gasteiger partial charge in [-0.1, -0.05) is 0 Å². The summed E-state index contributed by atoms with van der Waals surface area (Å²) in [4.78, 5) is 0. The van der Waals surface area contributed by atoms with E-state index in [4.69, 9.17) is 14.6 Å². The summed E-state index contributed by atoms with van der Waals surface area (Å²) in [6, 6.07) is 0. The van der Waals surface area contributed by atoms with Crippen LogP contribution in [0.25, 0.3) is 0 Å². The topological polar surface area (TPSA) is 58.9 Å². The second-order valence-corrected chi connectivity index (χ2v) is 3.77. The Bertz CT molecular complexity index is 226. The number of hydrogen-bond acceptors (Lipinski definition) is 4. The summed E-state index contributed by atoms with van der Waals surface area (Å²) >= 11 is 0. The Morgan fingerprint density at radius 2 is 2.00 bits per heavy atom. The molecule has 0 spiro atoms. The molecule has 1 aliphatic heterocycles. The average molecular weight is 200 g/mol. The summed E-state index contributed by atoms with van der Waals surface area (Å²) < 4.78 is 11.0. The molecule has 80 valence electrons. The third-order valence-corrected chi connectivity index (χ3v) is 2.73. The van der Waals surface area contributed by atoms with E-state index in [-0.39, 0.29) is 18.8 Å². The molecule has 1 aliphatic carbocycles. The largest absolute Gasteiger partial charge is 0.513 e. The van der Waals surface area contributed by atoms with Gasteiger partial charge in [-0.05, 0) is 25.3 Å². The molecule has 0 aromatic rings. The summed E-state index contributed by atoms with van der Waals surface area (Å²) in [7, 11) is 0. The van der Waals surface area contributed by atoms with Gasteiger partial charge < -0.3 is 19.7 Å². The second kappa shape index (κ2) is 4.29. The van der Waals surface area contributed by atoms with E-state index >= 15 is 0 Å². The summed E-state index contributed by atoms with van der Waals surface area (Å²) in [5.41, 5.74) is 0. The van der Waals surface area contributed by atoms with E-state index < -0.39 is 6.29 Å². The quantitative estimate of drug-likeness (QED) is 0.665. The van der Waals surface area contributed by atoms with Gasteiger partial charge in [-0.25, -0.2) is 0 Å². The van der Waals surface area contributed by atoms with Crippen molar-refractivity contribution in [1.82, 2.24) is 0 Å². The normalized spacial score (nSPS) is 42.1. The number of fused-ring (bicyclic) bond motifs is 1. The molecule has 1 heterocycles. The molecule has 14 heavy (non-hydrogen) atoms. The fourth-order valence-electron chi connectivity index (χ4n) is 2.00. The van der Waals surface area contributed by atoms with Crippen molar-refractivity contribution < 1.29 is 19.7 Å². The van der Waals surface area contributed by atoms with Gasteiger partial charge in [0.05, 0.1) is 24.6 Å². The molecule has 3 atom stereocenters. The molecule has 0 aromatic carbocycles. The lowest BCUT2D eigenvalue weighted by atomic mass is 10.00. The van der Waals surface area contributed by atoms with E-state index in [9.17, 15) is 5.11 Å². The molecule has 0 amide bonds. The lowest BCUT2D eigenvalue weighted by Crippen LogP contribution is -2.23. The minimum Gasteiger partial charge on any atom is -0.513 e. The lowest BCUT2D eigenvalue weighted by molar-refractivity contribution is -0.0959. The van der Waals surface area contributed by atoms with Crippen LogP contribution in [-0.2, 0) is 9.47 Å². The molecular weight excluding hydrogens is 184 g/mol. The van der Waals surface area contributed by atoms with Crippen molar-refractivity contribution in [2.24, 2.45) is 0 Å². The van der Waals surface area contributed by atoms with E-state index in [1.165, 1.54) is 0 Å². The van der Waals surface area contributed by atoms with Gasteiger partial charge >= 0.3 is 0 Å². The van der Waals surface area contributed by atoms with E-state index in [1.807, 2.05) is 6.08 Å². The first-order chi connectivity index (χ1) is 6.79. The first-order valence-corrected chi connectivity index (χ1v) is 5.09. The maximum absolute atomic E-state index is 9.37. The molecule has 2 aliphatic rings. The van der Waals surface area contributed by atoms with Crippen molar-refractivity contribution in [3.05, 3.63) is 11.8 Å². The van der Waals surface area contributed by atoms with Crippen LogP contribution < -0.4 is 0 Å². The van der Waals surface area contributed by atoms with Gasteiger partial charge in [0.15, 0.2) is 6.29 Å². The van der Waals surface area contributed by atoms with Gasteiger partial charge in [0.25, 0.3) is 0 Å². The molecule has 2 N–H and O–H groups in total. The molecule has 0 radical (unpaired) electrons. The number of hydrogen-bond donors (Lipinski definition) is 2. The number of rotatable bonds is 1. The molecule has 0 unspecified atom stereocenters. The van der Waals surface area contributed by atoms with Crippen LogP contribution in [0.5, 0.6) is 0 Å². The molecule has 0 aromatic heterocycles. The Labute approximate surface area is 83.1 Å². The van der Waals surface area contributed by atoms with Gasteiger partial charge in [-0.2, -0.15) is 0 Å². The number of aliphatic hydroxyl groups excluding tert-OH is 2. The summed E-state index contributed by atoms with van der Waals surface area (Å²) in [5, 5.41) is 18.3. The van der Waals surface area contributed by atoms with Crippen LogP contribution in [0.4, 0.5) is 0 Å². The van der Waals surface area contributed by atoms with Crippen LogP contribution in [0.1, 0.15) is 25.7 Å². The van der Waals surface area contributed by atoms with Crippen molar-refractivity contribution in [1.29, 1.82) is 0 Å². The van der Waals surface area contributed by atoms with Crippen molar-refractivity contribution in [2.75, 3.05) is 6.61 Å². The predicted octanol–water partition coefficient (Wildman–Crippen LogP) is 1.10. The molecule has 0 bridgehead atoms. The van der Waals surface area contributed by atoms with Gasteiger partial charge in [-0.15, -0.1) is 0 Å². The SMILES string of the molecule is OC[C@H]1O[C@H]2CC/C=C(\O)CC[C@H]2O1. The van der Waals surface area contributed by atoms with E-state index in [0.717, 1.165) is 19.3 Å². The van der Waals surface area contributed by atoms with Gasteiger partial charge in [0, 0.05) is 6.42 Å². The maximum atomic E-state index is 9.37. The molecule has 2 rings (SSSR count). The molecule has 1 saturated heterocycles. The molecular formula is C10H16O4. The zero-order chi connectivity index (χ0) is 9.97. The Hall–Kier alpha value is -0.580. The maximum Gasteiger partial charge on any atom is 0.181 e. The van der Waals surface area contributed by atoms with Gasteiger partial charge in [0.2, 0.25) is 0 Å². The number of allylic oxidation sites excluding steroid dienone is 2. The Morgan fingerprint density at radius 3 is 2.71 bits per heavy atom. The van der Waals surface area contributed by atoms with Crippen LogP contribution in [0.3, 0.4) is 0 Å². The minimum absolute atomic E-state index is 0.0306. The highest BCUT2D eigenvalue weighted by Gasteiger charge is 2.35. The Kier molecular flexibility index (Phi) is 3.05. The zero-order valence-electron chi connectivity index (χ0n) is 8.06. The lowest BCUT2D eigenvalue weighted by Gasteiger charge is -2.18. The highest BCUT2D eigenvalue weighted by atomic mass is 16.7. The predicted molar refractivity (Wildman–Crippen MR) is 49.8 cm³/mol. The van der Waals surface area contributed by atoms with Crippen molar-refractivity contribution in [3.8, 4) is 0 Å². The van der Waals surface area contributed by atoms with Crippen molar-refractivity contribution in [3.63, 3.8) is 0 Å². The molecule has 4 nitrogen and oxygen atoms in total. The fraction of sp³-hybridized carbons (Fsp3) is 0.800. The fourth-order valence-corrected chi connectivity index (χ4v) is 2.00. The average Bonchev–Trinajstić information content (AvgIpc) is 2.54. The smallest absolute Gasteiger partial charge is 0.181 e. The van der Waals surface area contributed by atoms with Crippen molar-refractivity contribution in [2.45, 2.75) is 44.2 Å². The number of aliphatic hydroxyl groups is 2. The summed E-state index contributed by atoms with van der Waals surface area (Å²) in [6.07, 6.45) is 4.56.